The molecule has 0 atom stereocenters. The molecule has 0 aromatic heterocycles. The number of benzene rings is 2. The van der Waals surface area contributed by atoms with Crippen molar-refractivity contribution < 1.29 is 13.2 Å². The van der Waals surface area contributed by atoms with Gasteiger partial charge < -0.3 is 4.74 Å². The predicted molar refractivity (Wildman–Crippen MR) is 91.9 cm³/mol. The summed E-state index contributed by atoms with van der Waals surface area (Å²) in [7, 11) is -3.72. The van der Waals surface area contributed by atoms with E-state index in [0.29, 0.717) is 22.5 Å². The molecule has 2 aromatic carbocycles. The minimum atomic E-state index is -3.72. The van der Waals surface area contributed by atoms with Gasteiger partial charge in [-0.1, -0.05) is 35.0 Å². The van der Waals surface area contributed by atoms with Crippen LogP contribution >= 0.6 is 15.9 Å². The summed E-state index contributed by atoms with van der Waals surface area (Å²) in [4.78, 5) is 0.116. The highest BCUT2D eigenvalue weighted by atomic mass is 79.9. The van der Waals surface area contributed by atoms with Crippen LogP contribution in [0.3, 0.4) is 0 Å². The fourth-order valence-corrected chi connectivity index (χ4v) is 3.77. The largest absolute Gasteiger partial charge is 0.492 e. The van der Waals surface area contributed by atoms with Crippen LogP contribution in [0.25, 0.3) is 0 Å². The molecule has 0 heterocycles. The van der Waals surface area contributed by atoms with Crippen molar-refractivity contribution in [3.05, 3.63) is 52.5 Å². The van der Waals surface area contributed by atoms with Gasteiger partial charge in [0, 0.05) is 10.2 Å². The number of sulfonamides is 1. The van der Waals surface area contributed by atoms with E-state index in [1.54, 1.807) is 18.2 Å². The quantitative estimate of drug-likeness (QED) is 0.812. The Kier molecular flexibility index (Phi) is 5.47. The van der Waals surface area contributed by atoms with E-state index in [2.05, 4.69) is 20.7 Å². The van der Waals surface area contributed by atoms with E-state index in [1.807, 2.05) is 32.0 Å². The molecule has 0 saturated carbocycles. The Morgan fingerprint density at radius 3 is 2.59 bits per heavy atom. The van der Waals surface area contributed by atoms with Gasteiger partial charge in [0.15, 0.2) is 0 Å². The second-order valence-corrected chi connectivity index (χ2v) is 7.25. The van der Waals surface area contributed by atoms with Crippen molar-refractivity contribution in [1.82, 2.24) is 0 Å². The fourth-order valence-electron chi connectivity index (χ4n) is 2.03. The topological polar surface area (TPSA) is 55.4 Å². The van der Waals surface area contributed by atoms with Gasteiger partial charge in [-0.3, -0.25) is 4.72 Å². The SMILES string of the molecule is CCOc1ccc(Br)cc1S(=O)(=O)Nc1cccc(CC)c1. The third-order valence-electron chi connectivity index (χ3n) is 3.08. The molecular weight excluding hydrogens is 366 g/mol. The summed E-state index contributed by atoms with van der Waals surface area (Å²) in [6.07, 6.45) is 0.844. The van der Waals surface area contributed by atoms with Crippen molar-refractivity contribution in [2.45, 2.75) is 25.2 Å². The summed E-state index contributed by atoms with van der Waals surface area (Å²) in [5.74, 6) is 0.338. The molecule has 0 unspecified atom stereocenters. The zero-order valence-corrected chi connectivity index (χ0v) is 14.9. The van der Waals surface area contributed by atoms with E-state index in [1.165, 1.54) is 6.07 Å². The third kappa shape index (κ3) is 4.01. The van der Waals surface area contributed by atoms with E-state index in [-0.39, 0.29) is 4.90 Å². The summed E-state index contributed by atoms with van der Waals surface area (Å²) >= 11 is 3.30. The predicted octanol–water partition coefficient (Wildman–Crippen LogP) is 4.21. The molecule has 0 aliphatic carbocycles. The van der Waals surface area contributed by atoms with Crippen LogP contribution in [0.15, 0.2) is 51.8 Å². The Hall–Kier alpha value is -1.53. The molecule has 2 rings (SSSR count). The van der Waals surface area contributed by atoms with Gasteiger partial charge in [-0.15, -0.1) is 0 Å². The highest BCUT2D eigenvalue weighted by molar-refractivity contribution is 9.10. The van der Waals surface area contributed by atoms with Gasteiger partial charge in [-0.2, -0.15) is 0 Å². The molecule has 0 fully saturated rings. The molecular formula is C16H18BrNO3S. The average molecular weight is 384 g/mol. The van der Waals surface area contributed by atoms with Gasteiger partial charge in [0.2, 0.25) is 0 Å². The Morgan fingerprint density at radius 1 is 1.14 bits per heavy atom. The second-order valence-electron chi connectivity index (χ2n) is 4.68. The lowest BCUT2D eigenvalue weighted by atomic mass is 10.1. The number of rotatable bonds is 6. The summed E-state index contributed by atoms with van der Waals surface area (Å²) in [6.45, 7) is 4.24. The zero-order chi connectivity index (χ0) is 16.2. The van der Waals surface area contributed by atoms with Crippen molar-refractivity contribution in [3.8, 4) is 5.75 Å². The number of ether oxygens (including phenoxy) is 1. The normalized spacial score (nSPS) is 11.2. The molecule has 4 nitrogen and oxygen atoms in total. The highest BCUT2D eigenvalue weighted by Crippen LogP contribution is 2.29. The standard InChI is InChI=1S/C16H18BrNO3S/c1-3-12-6-5-7-14(10-12)18-22(19,20)16-11-13(17)8-9-15(16)21-4-2/h5-11,18H,3-4H2,1-2H3. The number of nitrogens with one attached hydrogen (secondary N) is 1. The van der Waals surface area contributed by atoms with Crippen LogP contribution in [-0.4, -0.2) is 15.0 Å². The summed E-state index contributed by atoms with van der Waals surface area (Å²) in [5.41, 5.74) is 1.61. The molecule has 0 amide bonds. The number of hydrogen-bond donors (Lipinski definition) is 1. The lowest BCUT2D eigenvalue weighted by molar-refractivity contribution is 0.331. The van der Waals surface area contributed by atoms with Crippen LogP contribution in [0.2, 0.25) is 0 Å². The first-order valence-electron chi connectivity index (χ1n) is 7.00. The van der Waals surface area contributed by atoms with Crippen LogP contribution < -0.4 is 9.46 Å². The summed E-state index contributed by atoms with van der Waals surface area (Å²) in [5, 5.41) is 0. The van der Waals surface area contributed by atoms with E-state index >= 15 is 0 Å². The van der Waals surface area contributed by atoms with E-state index in [9.17, 15) is 8.42 Å². The molecule has 0 spiro atoms. The third-order valence-corrected chi connectivity index (χ3v) is 4.98. The lowest BCUT2D eigenvalue weighted by Crippen LogP contribution is -2.14. The van der Waals surface area contributed by atoms with Crippen molar-refractivity contribution in [1.29, 1.82) is 0 Å². The fraction of sp³-hybridized carbons (Fsp3) is 0.250. The first-order valence-corrected chi connectivity index (χ1v) is 9.28. The molecule has 0 aliphatic heterocycles. The van der Waals surface area contributed by atoms with E-state index in [0.717, 1.165) is 12.0 Å². The number of anilines is 1. The molecule has 6 heteroatoms. The van der Waals surface area contributed by atoms with Gasteiger partial charge in [-0.05, 0) is 49.2 Å². The number of hydrogen-bond acceptors (Lipinski definition) is 3. The number of aryl methyl sites for hydroxylation is 1. The molecule has 0 aliphatic rings. The second kappa shape index (κ2) is 7.15. The van der Waals surface area contributed by atoms with Gasteiger partial charge in [0.25, 0.3) is 10.0 Å². The summed E-state index contributed by atoms with van der Waals surface area (Å²) in [6, 6.07) is 12.3. The van der Waals surface area contributed by atoms with Crippen molar-refractivity contribution >= 4 is 31.6 Å². The molecule has 2 aromatic rings. The van der Waals surface area contributed by atoms with Crippen LogP contribution in [-0.2, 0) is 16.4 Å². The molecule has 0 bridgehead atoms. The van der Waals surface area contributed by atoms with Crippen LogP contribution in [0.4, 0.5) is 5.69 Å². The van der Waals surface area contributed by atoms with E-state index in [4.69, 9.17) is 4.74 Å². The van der Waals surface area contributed by atoms with Crippen molar-refractivity contribution in [2.24, 2.45) is 0 Å². The molecule has 22 heavy (non-hydrogen) atoms. The van der Waals surface area contributed by atoms with Crippen molar-refractivity contribution in [3.63, 3.8) is 0 Å². The smallest absolute Gasteiger partial charge is 0.265 e. The Bertz CT molecular complexity index is 760. The minimum absolute atomic E-state index is 0.116. The maximum absolute atomic E-state index is 12.6. The van der Waals surface area contributed by atoms with Crippen LogP contribution in [0.1, 0.15) is 19.4 Å². The first kappa shape index (κ1) is 16.8. The van der Waals surface area contributed by atoms with Gasteiger partial charge in [-0.25, -0.2) is 8.42 Å². The molecule has 1 N–H and O–H groups in total. The van der Waals surface area contributed by atoms with E-state index < -0.39 is 10.0 Å². The van der Waals surface area contributed by atoms with Crippen LogP contribution in [0.5, 0.6) is 5.75 Å². The minimum Gasteiger partial charge on any atom is -0.492 e. The molecule has 118 valence electrons. The maximum atomic E-state index is 12.6. The van der Waals surface area contributed by atoms with Gasteiger partial charge >= 0.3 is 0 Å². The highest BCUT2D eigenvalue weighted by Gasteiger charge is 2.20. The Morgan fingerprint density at radius 2 is 1.91 bits per heavy atom. The average Bonchev–Trinajstić information content (AvgIpc) is 2.49. The number of halogens is 1. The first-order chi connectivity index (χ1) is 10.5. The molecule has 0 saturated heterocycles. The Labute approximate surface area is 139 Å². The van der Waals surface area contributed by atoms with Gasteiger partial charge in [0.1, 0.15) is 10.6 Å². The summed E-state index contributed by atoms with van der Waals surface area (Å²) < 4.78 is 34.0. The Balaban J connectivity index is 2.39. The van der Waals surface area contributed by atoms with Crippen LogP contribution in [0, 0.1) is 0 Å². The maximum Gasteiger partial charge on any atom is 0.265 e. The van der Waals surface area contributed by atoms with Crippen molar-refractivity contribution in [2.75, 3.05) is 11.3 Å². The van der Waals surface area contributed by atoms with Gasteiger partial charge in [0.05, 0.1) is 6.61 Å². The zero-order valence-electron chi connectivity index (χ0n) is 12.5. The molecule has 0 radical (unpaired) electrons. The monoisotopic (exact) mass is 383 g/mol. The lowest BCUT2D eigenvalue weighted by Gasteiger charge is -2.13.